The van der Waals surface area contributed by atoms with Gasteiger partial charge in [-0.25, -0.2) is 18.7 Å². The van der Waals surface area contributed by atoms with Crippen LogP contribution in [-0.2, 0) is 0 Å². The SMILES string of the molecule is O=C(Nc1cc(F)ccc1F)c1cc(N2CCCCC2)nc(-n2ccnc2)n1. The molecule has 0 aliphatic carbocycles. The lowest BCUT2D eigenvalue weighted by Gasteiger charge is -2.28. The van der Waals surface area contributed by atoms with E-state index in [0.717, 1.165) is 50.6 Å². The number of aromatic nitrogens is 4. The Morgan fingerprint density at radius 1 is 1.07 bits per heavy atom. The van der Waals surface area contributed by atoms with Gasteiger partial charge in [0.05, 0.1) is 5.69 Å². The molecule has 144 valence electrons. The third-order valence-corrected chi connectivity index (χ3v) is 4.53. The van der Waals surface area contributed by atoms with Crippen LogP contribution in [0.3, 0.4) is 0 Å². The molecule has 1 aromatic carbocycles. The van der Waals surface area contributed by atoms with Crippen molar-refractivity contribution in [1.29, 1.82) is 0 Å². The minimum atomic E-state index is -0.727. The number of carbonyl (C=O) groups is 1. The molecule has 3 aromatic rings. The first-order valence-electron chi connectivity index (χ1n) is 8.99. The van der Waals surface area contributed by atoms with E-state index in [2.05, 4.69) is 25.2 Å². The van der Waals surface area contributed by atoms with Gasteiger partial charge >= 0.3 is 0 Å². The van der Waals surface area contributed by atoms with E-state index in [1.54, 1.807) is 23.0 Å². The molecule has 1 N–H and O–H groups in total. The summed E-state index contributed by atoms with van der Waals surface area (Å²) < 4.78 is 28.9. The summed E-state index contributed by atoms with van der Waals surface area (Å²) in [5, 5.41) is 2.38. The molecule has 0 bridgehead atoms. The van der Waals surface area contributed by atoms with Gasteiger partial charge < -0.3 is 10.2 Å². The first kappa shape index (κ1) is 18.0. The van der Waals surface area contributed by atoms with Gasteiger partial charge in [0.25, 0.3) is 5.91 Å². The Bertz CT molecular complexity index is 986. The van der Waals surface area contributed by atoms with Crippen LogP contribution in [-0.4, -0.2) is 38.5 Å². The van der Waals surface area contributed by atoms with E-state index in [0.29, 0.717) is 5.82 Å². The third kappa shape index (κ3) is 3.83. The smallest absolute Gasteiger partial charge is 0.274 e. The van der Waals surface area contributed by atoms with Crippen molar-refractivity contribution >= 4 is 17.4 Å². The second-order valence-electron chi connectivity index (χ2n) is 6.51. The maximum absolute atomic E-state index is 13.9. The normalized spacial score (nSPS) is 14.1. The number of amides is 1. The number of imidazole rings is 1. The molecule has 1 aliphatic heterocycles. The minimum Gasteiger partial charge on any atom is -0.356 e. The monoisotopic (exact) mass is 384 g/mol. The highest BCUT2D eigenvalue weighted by atomic mass is 19.1. The Labute approximate surface area is 160 Å². The quantitative estimate of drug-likeness (QED) is 0.748. The number of hydrogen-bond donors (Lipinski definition) is 1. The van der Waals surface area contributed by atoms with Crippen LogP contribution in [0, 0.1) is 11.6 Å². The molecule has 1 fully saturated rings. The Kier molecular flexibility index (Phi) is 4.96. The highest BCUT2D eigenvalue weighted by molar-refractivity contribution is 6.03. The molecule has 9 heteroatoms. The Morgan fingerprint density at radius 2 is 1.89 bits per heavy atom. The summed E-state index contributed by atoms with van der Waals surface area (Å²) in [5.41, 5.74) is -0.185. The highest BCUT2D eigenvalue weighted by Gasteiger charge is 2.19. The van der Waals surface area contributed by atoms with Crippen molar-refractivity contribution in [3.05, 3.63) is 60.3 Å². The van der Waals surface area contributed by atoms with E-state index >= 15 is 0 Å². The number of nitrogens with one attached hydrogen (secondary N) is 1. The van der Waals surface area contributed by atoms with Crippen LogP contribution in [0.5, 0.6) is 0 Å². The van der Waals surface area contributed by atoms with E-state index in [1.165, 1.54) is 6.33 Å². The molecule has 0 atom stereocenters. The van der Waals surface area contributed by atoms with Gasteiger partial charge in [-0.05, 0) is 31.4 Å². The van der Waals surface area contributed by atoms with Crippen molar-refractivity contribution < 1.29 is 13.6 Å². The van der Waals surface area contributed by atoms with Gasteiger partial charge in [0.1, 0.15) is 29.5 Å². The van der Waals surface area contributed by atoms with Crippen LogP contribution >= 0.6 is 0 Å². The highest BCUT2D eigenvalue weighted by Crippen LogP contribution is 2.21. The summed E-state index contributed by atoms with van der Waals surface area (Å²) in [6.07, 6.45) is 8.02. The lowest BCUT2D eigenvalue weighted by Crippen LogP contribution is -2.31. The van der Waals surface area contributed by atoms with Crippen molar-refractivity contribution in [3.63, 3.8) is 0 Å². The first-order valence-corrected chi connectivity index (χ1v) is 8.99. The van der Waals surface area contributed by atoms with Gasteiger partial charge in [0, 0.05) is 37.6 Å². The second kappa shape index (κ2) is 7.71. The van der Waals surface area contributed by atoms with Crippen LogP contribution in [0.1, 0.15) is 29.8 Å². The molecule has 0 saturated carbocycles. The molecule has 1 amide bonds. The fourth-order valence-corrected chi connectivity index (χ4v) is 3.10. The number of carbonyl (C=O) groups excluding carboxylic acids is 1. The van der Waals surface area contributed by atoms with E-state index < -0.39 is 17.5 Å². The zero-order valence-electron chi connectivity index (χ0n) is 15.0. The van der Waals surface area contributed by atoms with E-state index in [9.17, 15) is 13.6 Å². The van der Waals surface area contributed by atoms with Crippen molar-refractivity contribution in [3.8, 4) is 5.95 Å². The Morgan fingerprint density at radius 3 is 2.64 bits per heavy atom. The minimum absolute atomic E-state index is 0.0583. The largest absolute Gasteiger partial charge is 0.356 e. The predicted molar refractivity (Wildman–Crippen MR) is 99.5 cm³/mol. The summed E-state index contributed by atoms with van der Waals surface area (Å²) in [4.78, 5) is 27.6. The molecule has 2 aromatic heterocycles. The van der Waals surface area contributed by atoms with Gasteiger partial charge in [-0.2, -0.15) is 4.98 Å². The molecular weight excluding hydrogens is 366 g/mol. The zero-order chi connectivity index (χ0) is 19.5. The fourth-order valence-electron chi connectivity index (χ4n) is 3.10. The summed E-state index contributed by atoms with van der Waals surface area (Å²) >= 11 is 0. The van der Waals surface area contributed by atoms with Crippen molar-refractivity contribution in [2.24, 2.45) is 0 Å². The number of rotatable bonds is 4. The second-order valence-corrected chi connectivity index (χ2v) is 6.51. The zero-order valence-corrected chi connectivity index (χ0v) is 15.0. The molecule has 1 aliphatic rings. The first-order chi connectivity index (χ1) is 13.6. The van der Waals surface area contributed by atoms with E-state index in [1.807, 2.05) is 0 Å². The summed E-state index contributed by atoms with van der Waals surface area (Å²) in [7, 11) is 0. The number of piperidine rings is 1. The number of halogens is 2. The van der Waals surface area contributed by atoms with Crippen LogP contribution in [0.2, 0.25) is 0 Å². The molecule has 28 heavy (non-hydrogen) atoms. The summed E-state index contributed by atoms with van der Waals surface area (Å²) in [5.74, 6) is -1.12. The molecule has 0 spiro atoms. The van der Waals surface area contributed by atoms with E-state index in [4.69, 9.17) is 0 Å². The maximum atomic E-state index is 13.9. The fraction of sp³-hybridized carbons (Fsp3) is 0.263. The van der Waals surface area contributed by atoms with Gasteiger partial charge in [-0.3, -0.25) is 9.36 Å². The molecule has 0 radical (unpaired) electrons. The molecule has 7 nitrogen and oxygen atoms in total. The average molecular weight is 384 g/mol. The van der Waals surface area contributed by atoms with Crippen LogP contribution < -0.4 is 10.2 Å². The average Bonchev–Trinajstić information content (AvgIpc) is 3.26. The van der Waals surface area contributed by atoms with Crippen LogP contribution in [0.4, 0.5) is 20.3 Å². The van der Waals surface area contributed by atoms with Crippen LogP contribution in [0.25, 0.3) is 5.95 Å². The van der Waals surface area contributed by atoms with E-state index in [-0.39, 0.29) is 17.3 Å². The molecular formula is C19H18F2N6O. The van der Waals surface area contributed by atoms with Crippen molar-refractivity contribution in [2.75, 3.05) is 23.3 Å². The van der Waals surface area contributed by atoms with Gasteiger partial charge in [-0.1, -0.05) is 0 Å². The van der Waals surface area contributed by atoms with Crippen molar-refractivity contribution in [1.82, 2.24) is 19.5 Å². The standard InChI is InChI=1S/C19H18F2N6O/c20-13-4-5-14(21)15(10-13)23-18(28)16-11-17(26-7-2-1-3-8-26)25-19(24-16)27-9-6-22-12-27/h4-6,9-12H,1-3,7-8H2,(H,23,28). The summed E-state index contributed by atoms with van der Waals surface area (Å²) in [6, 6.07) is 4.44. The Hall–Kier alpha value is -3.36. The molecule has 4 rings (SSSR count). The molecule has 1 saturated heterocycles. The van der Waals surface area contributed by atoms with Crippen LogP contribution in [0.15, 0.2) is 43.0 Å². The number of nitrogens with zero attached hydrogens (tertiary/aromatic N) is 5. The Balaban J connectivity index is 1.69. The van der Waals surface area contributed by atoms with Gasteiger partial charge in [0.15, 0.2) is 0 Å². The maximum Gasteiger partial charge on any atom is 0.274 e. The number of benzene rings is 1. The molecule has 3 heterocycles. The topological polar surface area (TPSA) is 75.9 Å². The number of hydrogen-bond acceptors (Lipinski definition) is 5. The summed E-state index contributed by atoms with van der Waals surface area (Å²) in [6.45, 7) is 1.67. The predicted octanol–water partition coefficient (Wildman–Crippen LogP) is 3.18. The van der Waals surface area contributed by atoms with Gasteiger partial charge in [-0.15, -0.1) is 0 Å². The lowest BCUT2D eigenvalue weighted by atomic mass is 10.1. The van der Waals surface area contributed by atoms with Crippen molar-refractivity contribution in [2.45, 2.75) is 19.3 Å². The molecule has 0 unspecified atom stereocenters. The third-order valence-electron chi connectivity index (χ3n) is 4.53. The number of anilines is 2. The lowest BCUT2D eigenvalue weighted by molar-refractivity contribution is 0.102. The van der Waals surface area contributed by atoms with Gasteiger partial charge in [0.2, 0.25) is 5.95 Å².